The fourth-order valence-electron chi connectivity index (χ4n) is 14.8. The summed E-state index contributed by atoms with van der Waals surface area (Å²) < 4.78 is 12.7. The molecule has 10 aromatic carbocycles. The molecular weight excluding hydrogens is 1060 g/mol. The Morgan fingerprint density at radius 2 is 1.00 bits per heavy atom. The van der Waals surface area contributed by atoms with E-state index in [9.17, 15) is 0 Å². The summed E-state index contributed by atoms with van der Waals surface area (Å²) in [6.07, 6.45) is 10.9. The summed E-state index contributed by atoms with van der Waals surface area (Å²) in [5.74, 6) is 1.93. The lowest BCUT2D eigenvalue weighted by Gasteiger charge is -2.46. The fourth-order valence-corrected chi connectivity index (χ4v) is 16.0. The number of hydrogen-bond donors (Lipinski definition) is 0. The van der Waals surface area contributed by atoms with Crippen molar-refractivity contribution in [3.8, 4) is 45.5 Å². The number of allylic oxidation sites excluding steroid dienone is 2. The average Bonchev–Trinajstić information content (AvgIpc) is 1.81. The van der Waals surface area contributed by atoms with Crippen LogP contribution in [0.3, 0.4) is 0 Å². The minimum atomic E-state index is -0.280. The molecular formula is C77H52N6OS. The quantitative estimate of drug-likeness (QED) is 0.159. The van der Waals surface area contributed by atoms with Crippen molar-refractivity contribution in [3.63, 3.8) is 0 Å². The molecule has 2 aliphatic carbocycles. The first-order valence-corrected chi connectivity index (χ1v) is 30.0. The van der Waals surface area contributed by atoms with Gasteiger partial charge in [0.25, 0.3) is 0 Å². The van der Waals surface area contributed by atoms with Crippen LogP contribution in [-0.4, -0.2) is 35.2 Å². The van der Waals surface area contributed by atoms with Gasteiger partial charge in [-0.2, -0.15) is 9.97 Å². The minimum absolute atomic E-state index is 0.153. The van der Waals surface area contributed by atoms with Crippen LogP contribution in [-0.2, 0) is 6.42 Å². The van der Waals surface area contributed by atoms with Crippen LogP contribution in [0.4, 0.5) is 5.69 Å². The van der Waals surface area contributed by atoms with Crippen LogP contribution in [0.1, 0.15) is 29.9 Å². The third-order valence-corrected chi connectivity index (χ3v) is 19.8. The van der Waals surface area contributed by atoms with Crippen LogP contribution in [0.25, 0.3) is 133 Å². The summed E-state index contributed by atoms with van der Waals surface area (Å²) in [5, 5.41) is 8.07. The fraction of sp³-hybridized carbons (Fsp3) is 0.0779. The van der Waals surface area contributed by atoms with Crippen LogP contribution in [0.5, 0.6) is 0 Å². The van der Waals surface area contributed by atoms with Crippen molar-refractivity contribution >= 4 is 104 Å². The van der Waals surface area contributed by atoms with Crippen LogP contribution in [0.15, 0.2) is 265 Å². The molecule has 7 nitrogen and oxygen atoms in total. The second kappa shape index (κ2) is 18.0. The molecule has 0 radical (unpaired) electrons. The number of anilines is 1. The molecule has 15 aromatic rings. The van der Waals surface area contributed by atoms with Gasteiger partial charge in [-0.3, -0.25) is 4.57 Å². The summed E-state index contributed by atoms with van der Waals surface area (Å²) in [6, 6.07) is 84.8. The molecule has 402 valence electrons. The van der Waals surface area contributed by atoms with Crippen LogP contribution in [0, 0.1) is 5.92 Å². The predicted molar refractivity (Wildman–Crippen MR) is 352 cm³/mol. The molecule has 0 spiro atoms. The van der Waals surface area contributed by atoms with Gasteiger partial charge in [-0.1, -0.05) is 170 Å². The van der Waals surface area contributed by atoms with Gasteiger partial charge in [-0.15, -0.1) is 11.3 Å². The van der Waals surface area contributed by atoms with Gasteiger partial charge in [-0.25, -0.2) is 4.98 Å². The van der Waals surface area contributed by atoms with Gasteiger partial charge in [0, 0.05) is 76.7 Å². The monoisotopic (exact) mass is 1110 g/mol. The predicted octanol–water partition coefficient (Wildman–Crippen LogP) is 19.4. The molecule has 1 fully saturated rings. The standard InChI is InChI=1S/C77H52N6OS/c1-76-38-37-52(42-63(76)64-45-72-62(56-28-16-18-30-71(56)85-72)46-77(64,2)83(76)54-25-13-6-14-26-54)51-33-36-70-61(41-51)60-40-50(32-35-69(60)84-70)49-31-34-66-57(39-49)59-44-67-58(55-27-15-17-29-65(55)81(67)53-23-11-5-12-24-53)43-68(59)82(66)75-79-73(47-19-7-3-8-20-47)78-74(80-75)48-21-9-4-10-22-48/h3-45,63H,46H2,1-2H3. The van der Waals surface area contributed by atoms with E-state index in [1.165, 1.54) is 48.3 Å². The van der Waals surface area contributed by atoms with E-state index in [2.05, 4.69) is 252 Å². The first-order chi connectivity index (χ1) is 41.8. The molecule has 85 heavy (non-hydrogen) atoms. The summed E-state index contributed by atoms with van der Waals surface area (Å²) in [5.41, 5.74) is 17.2. The van der Waals surface area contributed by atoms with E-state index in [4.69, 9.17) is 19.4 Å². The number of furan rings is 1. The highest BCUT2D eigenvalue weighted by molar-refractivity contribution is 7.20. The van der Waals surface area contributed by atoms with Crippen LogP contribution >= 0.6 is 11.3 Å². The average molecular weight is 1110 g/mol. The Labute approximate surface area is 494 Å². The zero-order valence-corrected chi connectivity index (χ0v) is 47.4. The summed E-state index contributed by atoms with van der Waals surface area (Å²) in [6.45, 7) is 4.92. The van der Waals surface area contributed by atoms with Gasteiger partial charge >= 0.3 is 0 Å². The normalized spacial score (nSPS) is 18.2. The number of aromatic nitrogens is 5. The Hall–Kier alpha value is -10.4. The number of rotatable bonds is 7. The molecule has 8 heteroatoms. The molecule has 0 amide bonds. The summed E-state index contributed by atoms with van der Waals surface area (Å²) in [7, 11) is 0. The molecule has 6 heterocycles. The molecule has 0 N–H and O–H groups in total. The molecule has 0 bridgehead atoms. The number of fused-ring (bicyclic) bond motifs is 15. The Morgan fingerprint density at radius 3 is 1.71 bits per heavy atom. The lowest BCUT2D eigenvalue weighted by atomic mass is 9.73. The number of hydrogen-bond acceptors (Lipinski definition) is 6. The van der Waals surface area contributed by atoms with Gasteiger partial charge in [0.2, 0.25) is 5.95 Å². The number of benzene rings is 10. The number of thiophene rings is 1. The Bertz CT molecular complexity index is 5320. The van der Waals surface area contributed by atoms with Crippen molar-refractivity contribution in [1.29, 1.82) is 0 Å². The molecule has 3 atom stereocenters. The van der Waals surface area contributed by atoms with Gasteiger partial charge in [0.15, 0.2) is 11.6 Å². The van der Waals surface area contributed by atoms with Crippen molar-refractivity contribution in [2.75, 3.05) is 4.90 Å². The van der Waals surface area contributed by atoms with Crippen LogP contribution < -0.4 is 4.90 Å². The van der Waals surface area contributed by atoms with E-state index >= 15 is 0 Å². The van der Waals surface area contributed by atoms with Gasteiger partial charge in [0.05, 0.1) is 33.1 Å². The zero-order chi connectivity index (χ0) is 56.1. The lowest BCUT2D eigenvalue weighted by molar-refractivity contribution is 0.449. The first-order valence-electron chi connectivity index (χ1n) is 29.2. The highest BCUT2D eigenvalue weighted by Gasteiger charge is 2.59. The molecule has 3 unspecified atom stereocenters. The molecule has 3 aliphatic rings. The molecule has 0 saturated carbocycles. The SMILES string of the molecule is CC12Cc3c(sc4ccccc34)C=C1C1C=C(c3ccc4oc5ccc(-c6ccc7c(c6)c6cc8c(cc6n7-c6nc(-c7ccccc7)nc(-c7ccccc7)n6)c6ccccc6n8-c6ccccc6)cc5c4c3)C=CC1(C)N2c1ccccc1. The third-order valence-electron chi connectivity index (χ3n) is 18.7. The van der Waals surface area contributed by atoms with E-state index in [0.717, 1.165) is 94.5 Å². The van der Waals surface area contributed by atoms with Gasteiger partial charge in [-0.05, 0) is 144 Å². The second-order valence-corrected chi connectivity index (χ2v) is 24.6. The van der Waals surface area contributed by atoms with E-state index in [1.54, 1.807) is 0 Å². The Balaban J connectivity index is 0.798. The largest absolute Gasteiger partial charge is 0.456 e. The maximum absolute atomic E-state index is 6.68. The van der Waals surface area contributed by atoms with Gasteiger partial charge < -0.3 is 13.9 Å². The van der Waals surface area contributed by atoms with Crippen LogP contribution in [0.2, 0.25) is 0 Å². The molecule has 1 aliphatic heterocycles. The second-order valence-electron chi connectivity index (χ2n) is 23.5. The van der Waals surface area contributed by atoms with E-state index in [0.29, 0.717) is 17.6 Å². The summed E-state index contributed by atoms with van der Waals surface area (Å²) >= 11 is 1.93. The number of nitrogens with zero attached hydrogens (tertiary/aromatic N) is 6. The van der Waals surface area contributed by atoms with Crippen molar-refractivity contribution in [3.05, 3.63) is 276 Å². The molecule has 18 rings (SSSR count). The maximum atomic E-state index is 6.68. The minimum Gasteiger partial charge on any atom is -0.456 e. The van der Waals surface area contributed by atoms with Crippen molar-refractivity contribution in [1.82, 2.24) is 24.1 Å². The first kappa shape index (κ1) is 48.2. The zero-order valence-electron chi connectivity index (χ0n) is 46.6. The lowest BCUT2D eigenvalue weighted by Crippen LogP contribution is -2.54. The van der Waals surface area contributed by atoms with Crippen molar-refractivity contribution < 1.29 is 4.42 Å². The Kier molecular flexibility index (Phi) is 10.2. The van der Waals surface area contributed by atoms with E-state index in [-0.39, 0.29) is 17.0 Å². The number of para-hydroxylation sites is 3. The highest BCUT2D eigenvalue weighted by Crippen LogP contribution is 2.59. The van der Waals surface area contributed by atoms with Crippen molar-refractivity contribution in [2.24, 2.45) is 5.92 Å². The Morgan fingerprint density at radius 1 is 0.459 bits per heavy atom. The summed E-state index contributed by atoms with van der Waals surface area (Å²) in [4.78, 5) is 19.9. The smallest absolute Gasteiger partial charge is 0.238 e. The van der Waals surface area contributed by atoms with E-state index < -0.39 is 0 Å². The topological polar surface area (TPSA) is 64.9 Å². The van der Waals surface area contributed by atoms with Crippen molar-refractivity contribution in [2.45, 2.75) is 31.3 Å². The molecule has 1 saturated heterocycles. The highest BCUT2D eigenvalue weighted by atomic mass is 32.1. The van der Waals surface area contributed by atoms with E-state index in [1.807, 2.05) is 47.7 Å². The third kappa shape index (κ3) is 7.16. The van der Waals surface area contributed by atoms with Gasteiger partial charge in [0.1, 0.15) is 11.2 Å². The maximum Gasteiger partial charge on any atom is 0.238 e. The molecule has 5 aromatic heterocycles.